The van der Waals surface area contributed by atoms with Gasteiger partial charge < -0.3 is 15.0 Å². The van der Waals surface area contributed by atoms with Gasteiger partial charge >= 0.3 is 0 Å². The van der Waals surface area contributed by atoms with E-state index in [0.29, 0.717) is 6.61 Å². The molecular weight excluding hydrogens is 340 g/mol. The molecule has 1 saturated heterocycles. The highest BCUT2D eigenvalue weighted by Crippen LogP contribution is 2.28. The molecule has 0 radical (unpaired) electrons. The van der Waals surface area contributed by atoms with Crippen molar-refractivity contribution in [3.8, 4) is 5.75 Å². The maximum atomic E-state index is 5.83. The summed E-state index contributed by atoms with van der Waals surface area (Å²) in [6.07, 6.45) is 4.85. The molecule has 1 N–H and O–H groups in total. The van der Waals surface area contributed by atoms with E-state index in [0.717, 1.165) is 29.2 Å². The van der Waals surface area contributed by atoms with E-state index in [1.807, 2.05) is 12.1 Å². The number of ether oxygens (including phenoxy) is 1. The van der Waals surface area contributed by atoms with Crippen LogP contribution in [0.3, 0.4) is 0 Å². The number of rotatable bonds is 6. The van der Waals surface area contributed by atoms with Crippen molar-refractivity contribution in [3.05, 3.63) is 33.8 Å². The molecule has 1 atom stereocenters. The van der Waals surface area contributed by atoms with Crippen molar-refractivity contribution in [2.45, 2.75) is 19.8 Å². The second kappa shape index (κ2) is 7.62. The lowest BCUT2D eigenvalue weighted by Crippen LogP contribution is -2.29. The molecule has 22 heavy (non-hydrogen) atoms. The number of hydrogen-bond donors (Lipinski definition) is 1. The van der Waals surface area contributed by atoms with Gasteiger partial charge in [0.25, 0.3) is 0 Å². The molecule has 0 aromatic heterocycles. The molecule has 1 aromatic carbocycles. The number of benzene rings is 1. The van der Waals surface area contributed by atoms with E-state index in [2.05, 4.69) is 45.2 Å². The summed E-state index contributed by atoms with van der Waals surface area (Å²) in [5, 5.41) is 3.62. The molecule has 2 aliphatic rings. The predicted octanol–water partition coefficient (Wildman–Crippen LogP) is 3.55. The van der Waals surface area contributed by atoms with Crippen molar-refractivity contribution in [1.82, 2.24) is 10.2 Å². The second-order valence-electron chi connectivity index (χ2n) is 6.36. The third-order valence-corrected chi connectivity index (χ3v) is 4.93. The SMILES string of the molecule is CCCN1CCC(CNCC2=Cc3cc(Br)ccc3OC2)C1. The summed E-state index contributed by atoms with van der Waals surface area (Å²) in [4.78, 5) is 2.59. The summed E-state index contributed by atoms with van der Waals surface area (Å²) in [5.74, 6) is 1.79. The van der Waals surface area contributed by atoms with Gasteiger partial charge in [-0.05, 0) is 68.2 Å². The maximum Gasteiger partial charge on any atom is 0.127 e. The number of hydrogen-bond acceptors (Lipinski definition) is 3. The Morgan fingerprint density at radius 2 is 2.32 bits per heavy atom. The van der Waals surface area contributed by atoms with E-state index in [1.54, 1.807) is 0 Å². The number of nitrogens with one attached hydrogen (secondary N) is 1. The molecule has 2 aliphatic heterocycles. The molecule has 2 heterocycles. The molecule has 120 valence electrons. The van der Waals surface area contributed by atoms with Crippen LogP contribution >= 0.6 is 15.9 Å². The third kappa shape index (κ3) is 4.12. The average molecular weight is 365 g/mol. The van der Waals surface area contributed by atoms with Crippen LogP contribution in [0, 0.1) is 5.92 Å². The van der Waals surface area contributed by atoms with Gasteiger partial charge in [-0.25, -0.2) is 0 Å². The van der Waals surface area contributed by atoms with Gasteiger partial charge in [0.15, 0.2) is 0 Å². The topological polar surface area (TPSA) is 24.5 Å². The smallest absolute Gasteiger partial charge is 0.127 e. The minimum Gasteiger partial charge on any atom is -0.489 e. The first-order valence-electron chi connectivity index (χ1n) is 8.29. The van der Waals surface area contributed by atoms with Gasteiger partial charge in [0.2, 0.25) is 0 Å². The van der Waals surface area contributed by atoms with Gasteiger partial charge in [0.05, 0.1) is 0 Å². The lowest BCUT2D eigenvalue weighted by molar-refractivity contribution is 0.321. The van der Waals surface area contributed by atoms with Crippen molar-refractivity contribution in [1.29, 1.82) is 0 Å². The Balaban J connectivity index is 1.47. The lowest BCUT2D eigenvalue weighted by atomic mass is 10.1. The van der Waals surface area contributed by atoms with E-state index in [-0.39, 0.29) is 0 Å². The van der Waals surface area contributed by atoms with Gasteiger partial charge in [-0.2, -0.15) is 0 Å². The van der Waals surface area contributed by atoms with Crippen LogP contribution in [0.15, 0.2) is 28.2 Å². The maximum absolute atomic E-state index is 5.83. The molecule has 1 unspecified atom stereocenters. The summed E-state index contributed by atoms with van der Waals surface area (Å²) in [7, 11) is 0. The Morgan fingerprint density at radius 3 is 3.18 bits per heavy atom. The van der Waals surface area contributed by atoms with Gasteiger partial charge in [0, 0.05) is 23.1 Å². The van der Waals surface area contributed by atoms with Crippen molar-refractivity contribution >= 4 is 22.0 Å². The molecule has 1 aromatic rings. The van der Waals surface area contributed by atoms with Crippen molar-refractivity contribution in [2.24, 2.45) is 5.92 Å². The van der Waals surface area contributed by atoms with Crippen molar-refractivity contribution < 1.29 is 4.74 Å². The normalized spacial score (nSPS) is 21.4. The van der Waals surface area contributed by atoms with Crippen molar-refractivity contribution in [3.63, 3.8) is 0 Å². The van der Waals surface area contributed by atoms with Gasteiger partial charge in [-0.15, -0.1) is 0 Å². The van der Waals surface area contributed by atoms with E-state index < -0.39 is 0 Å². The van der Waals surface area contributed by atoms with Gasteiger partial charge in [-0.3, -0.25) is 0 Å². The Labute approximate surface area is 141 Å². The van der Waals surface area contributed by atoms with Crippen LogP contribution < -0.4 is 10.1 Å². The fourth-order valence-electron chi connectivity index (χ4n) is 3.33. The number of fused-ring (bicyclic) bond motifs is 1. The molecule has 0 bridgehead atoms. The molecular formula is C18H25BrN2O. The molecule has 0 saturated carbocycles. The highest BCUT2D eigenvalue weighted by Gasteiger charge is 2.21. The Bertz CT molecular complexity index is 544. The molecule has 4 heteroatoms. The highest BCUT2D eigenvalue weighted by atomic mass is 79.9. The molecule has 3 rings (SSSR count). The van der Waals surface area contributed by atoms with E-state index in [1.165, 1.54) is 43.6 Å². The third-order valence-electron chi connectivity index (χ3n) is 4.44. The van der Waals surface area contributed by atoms with Crippen LogP contribution in [0.25, 0.3) is 6.08 Å². The minimum atomic E-state index is 0.703. The minimum absolute atomic E-state index is 0.703. The molecule has 0 spiro atoms. The number of halogens is 1. The van der Waals surface area contributed by atoms with Crippen LogP contribution in [0.1, 0.15) is 25.3 Å². The summed E-state index contributed by atoms with van der Waals surface area (Å²) in [5.41, 5.74) is 2.50. The summed E-state index contributed by atoms with van der Waals surface area (Å²) in [6.45, 7) is 8.78. The molecule has 1 fully saturated rings. The first-order valence-corrected chi connectivity index (χ1v) is 9.08. The zero-order chi connectivity index (χ0) is 15.4. The van der Waals surface area contributed by atoms with Crippen LogP contribution in [-0.4, -0.2) is 44.2 Å². The monoisotopic (exact) mass is 364 g/mol. The average Bonchev–Trinajstić information content (AvgIpc) is 2.95. The van der Waals surface area contributed by atoms with E-state index in [4.69, 9.17) is 4.74 Å². The zero-order valence-corrected chi connectivity index (χ0v) is 14.9. The van der Waals surface area contributed by atoms with E-state index >= 15 is 0 Å². The Morgan fingerprint density at radius 1 is 1.41 bits per heavy atom. The van der Waals surface area contributed by atoms with Crippen LogP contribution in [0.4, 0.5) is 0 Å². The van der Waals surface area contributed by atoms with Crippen LogP contribution in [0.5, 0.6) is 5.75 Å². The largest absolute Gasteiger partial charge is 0.489 e. The van der Waals surface area contributed by atoms with Gasteiger partial charge in [0.1, 0.15) is 12.4 Å². The second-order valence-corrected chi connectivity index (χ2v) is 7.28. The zero-order valence-electron chi connectivity index (χ0n) is 13.3. The number of likely N-dealkylation sites (tertiary alicyclic amines) is 1. The summed E-state index contributed by atoms with van der Waals surface area (Å²) in [6, 6.07) is 6.17. The Kier molecular flexibility index (Phi) is 5.55. The fourth-order valence-corrected chi connectivity index (χ4v) is 3.71. The van der Waals surface area contributed by atoms with Crippen LogP contribution in [-0.2, 0) is 0 Å². The summed E-state index contributed by atoms with van der Waals surface area (Å²) < 4.78 is 6.92. The molecule has 3 nitrogen and oxygen atoms in total. The standard InChI is InChI=1S/C18H25BrN2O/c1-2-6-21-7-5-14(12-21)10-20-11-15-8-16-9-17(19)3-4-18(16)22-13-15/h3-4,8-9,14,20H,2,5-7,10-13H2,1H3. The summed E-state index contributed by atoms with van der Waals surface area (Å²) >= 11 is 3.52. The molecule has 0 amide bonds. The number of nitrogens with zero attached hydrogens (tertiary/aromatic N) is 1. The quantitative estimate of drug-likeness (QED) is 0.835. The Hall–Kier alpha value is -0.840. The predicted molar refractivity (Wildman–Crippen MR) is 95.3 cm³/mol. The van der Waals surface area contributed by atoms with Crippen molar-refractivity contribution in [2.75, 3.05) is 39.3 Å². The van der Waals surface area contributed by atoms with E-state index in [9.17, 15) is 0 Å². The highest BCUT2D eigenvalue weighted by molar-refractivity contribution is 9.10. The lowest BCUT2D eigenvalue weighted by Gasteiger charge is -2.19. The first-order chi connectivity index (χ1) is 10.7. The molecule has 0 aliphatic carbocycles. The van der Waals surface area contributed by atoms with Gasteiger partial charge in [-0.1, -0.05) is 22.9 Å². The fraction of sp³-hybridized carbons (Fsp3) is 0.556. The first kappa shape index (κ1) is 16.0. The van der Waals surface area contributed by atoms with Crippen LogP contribution in [0.2, 0.25) is 0 Å².